The van der Waals surface area contributed by atoms with E-state index in [9.17, 15) is 18.4 Å². The molecule has 3 aromatic rings. The van der Waals surface area contributed by atoms with Gasteiger partial charge in [0.25, 0.3) is 5.91 Å². The molecule has 1 aromatic heterocycles. The molecule has 2 aromatic carbocycles. The topological polar surface area (TPSA) is 108 Å². The van der Waals surface area contributed by atoms with Gasteiger partial charge in [-0.15, -0.1) is 0 Å². The largest absolute Gasteiger partial charge is 0.495 e. The summed E-state index contributed by atoms with van der Waals surface area (Å²) < 4.78 is 32.1. The number of hydrogen-bond acceptors (Lipinski definition) is 6. The van der Waals surface area contributed by atoms with Gasteiger partial charge in [0, 0.05) is 24.9 Å². The van der Waals surface area contributed by atoms with Crippen LogP contribution in [0.25, 0.3) is 11.3 Å². The molecule has 0 atom stereocenters. The zero-order chi connectivity index (χ0) is 24.1. The van der Waals surface area contributed by atoms with Crippen LogP contribution in [0.2, 0.25) is 0 Å². The highest BCUT2D eigenvalue weighted by Crippen LogP contribution is 2.28. The molecule has 33 heavy (non-hydrogen) atoms. The van der Waals surface area contributed by atoms with Gasteiger partial charge in [0.15, 0.2) is 11.6 Å². The van der Waals surface area contributed by atoms with Crippen molar-refractivity contribution in [1.29, 1.82) is 5.26 Å². The summed E-state index contributed by atoms with van der Waals surface area (Å²) in [7, 11) is 2.92. The fourth-order valence-corrected chi connectivity index (χ4v) is 3.00. The number of hydrogen-bond donors (Lipinski definition) is 1. The maximum Gasteiger partial charge on any atom is 0.289 e. The number of carbonyl (C=O) groups excluding carboxylic acids is 2. The number of amides is 2. The van der Waals surface area contributed by atoms with Crippen molar-refractivity contribution in [2.75, 3.05) is 25.6 Å². The van der Waals surface area contributed by atoms with Gasteiger partial charge in [0.05, 0.1) is 36.7 Å². The van der Waals surface area contributed by atoms with Gasteiger partial charge in [-0.1, -0.05) is 0 Å². The standard InChI is InChI=1S/C23H19F2N5O3/c1-13-11-27-22(29-21(13)15-5-6-16(24)17(25)9-15)23(32)28-12-20(31)30(2)18-7-4-14(10-26)8-19(18)33-3/h4-9,11H,12H2,1-3H3,(H,28,32). The number of aromatic nitrogens is 2. The second-order valence-electron chi connectivity index (χ2n) is 6.99. The Morgan fingerprint density at radius 1 is 1.18 bits per heavy atom. The van der Waals surface area contributed by atoms with E-state index >= 15 is 0 Å². The van der Waals surface area contributed by atoms with Gasteiger partial charge in [-0.25, -0.2) is 18.7 Å². The second kappa shape index (κ2) is 9.82. The van der Waals surface area contributed by atoms with E-state index in [-0.39, 0.29) is 23.6 Å². The average Bonchev–Trinajstić information content (AvgIpc) is 2.83. The van der Waals surface area contributed by atoms with Crippen LogP contribution in [0.1, 0.15) is 21.7 Å². The second-order valence-corrected chi connectivity index (χ2v) is 6.99. The Hall–Kier alpha value is -4.39. The summed E-state index contributed by atoms with van der Waals surface area (Å²) in [5, 5.41) is 11.4. The van der Waals surface area contributed by atoms with E-state index in [0.29, 0.717) is 22.6 Å². The van der Waals surface area contributed by atoms with Crippen molar-refractivity contribution < 1.29 is 23.1 Å². The molecular formula is C23H19F2N5O3. The first kappa shape index (κ1) is 23.3. The van der Waals surface area contributed by atoms with Gasteiger partial charge in [0.1, 0.15) is 5.75 Å². The van der Waals surface area contributed by atoms with E-state index in [4.69, 9.17) is 10.00 Å². The van der Waals surface area contributed by atoms with Crippen molar-refractivity contribution >= 4 is 17.5 Å². The Labute approximate surface area is 188 Å². The molecule has 0 bridgehead atoms. The highest BCUT2D eigenvalue weighted by molar-refractivity contribution is 5.99. The molecule has 0 aliphatic rings. The number of rotatable bonds is 6. The molecule has 0 saturated heterocycles. The van der Waals surface area contributed by atoms with Gasteiger partial charge in [-0.05, 0) is 42.8 Å². The average molecular weight is 451 g/mol. The van der Waals surface area contributed by atoms with Crippen LogP contribution >= 0.6 is 0 Å². The van der Waals surface area contributed by atoms with E-state index in [1.807, 2.05) is 6.07 Å². The SMILES string of the molecule is COc1cc(C#N)ccc1N(C)C(=O)CNC(=O)c1ncc(C)c(-c2ccc(F)c(F)c2)n1. The predicted molar refractivity (Wildman–Crippen MR) is 116 cm³/mol. The van der Waals surface area contributed by atoms with Crippen LogP contribution in [0.15, 0.2) is 42.6 Å². The van der Waals surface area contributed by atoms with Gasteiger partial charge >= 0.3 is 0 Å². The molecule has 0 unspecified atom stereocenters. The smallest absolute Gasteiger partial charge is 0.289 e. The molecule has 0 spiro atoms. The number of likely N-dealkylation sites (N-methyl/N-ethyl adjacent to an activating group) is 1. The third kappa shape index (κ3) is 5.10. The van der Waals surface area contributed by atoms with E-state index in [0.717, 1.165) is 12.1 Å². The zero-order valence-corrected chi connectivity index (χ0v) is 18.0. The number of anilines is 1. The number of benzene rings is 2. The Morgan fingerprint density at radius 2 is 1.94 bits per heavy atom. The number of methoxy groups -OCH3 is 1. The molecule has 0 fully saturated rings. The number of nitrogens with zero attached hydrogens (tertiary/aromatic N) is 4. The Bertz CT molecular complexity index is 1270. The first-order chi connectivity index (χ1) is 15.7. The molecule has 10 heteroatoms. The van der Waals surface area contributed by atoms with Crippen LogP contribution in [0.4, 0.5) is 14.5 Å². The first-order valence-electron chi connectivity index (χ1n) is 9.67. The Morgan fingerprint density at radius 3 is 2.61 bits per heavy atom. The maximum atomic E-state index is 13.6. The third-order valence-electron chi connectivity index (χ3n) is 4.81. The summed E-state index contributed by atoms with van der Waals surface area (Å²) in [6.07, 6.45) is 1.38. The minimum absolute atomic E-state index is 0.230. The lowest BCUT2D eigenvalue weighted by atomic mass is 10.1. The lowest BCUT2D eigenvalue weighted by Crippen LogP contribution is -2.38. The molecule has 1 heterocycles. The molecule has 2 amide bonds. The normalized spacial score (nSPS) is 10.3. The number of aryl methyl sites for hydroxylation is 1. The van der Waals surface area contributed by atoms with Crippen LogP contribution in [-0.2, 0) is 4.79 Å². The van der Waals surface area contributed by atoms with Crippen molar-refractivity contribution in [2.45, 2.75) is 6.92 Å². The summed E-state index contributed by atoms with van der Waals surface area (Å²) in [5.74, 6) is -3.11. The summed E-state index contributed by atoms with van der Waals surface area (Å²) in [6.45, 7) is 1.30. The molecular weight excluding hydrogens is 432 g/mol. The van der Waals surface area contributed by atoms with Gasteiger partial charge in [-0.2, -0.15) is 5.26 Å². The van der Waals surface area contributed by atoms with Crippen molar-refractivity contribution in [3.05, 3.63) is 71.2 Å². The summed E-state index contributed by atoms with van der Waals surface area (Å²) in [6, 6.07) is 9.89. The molecule has 1 N–H and O–H groups in total. The van der Waals surface area contributed by atoms with E-state index < -0.39 is 23.4 Å². The maximum absolute atomic E-state index is 13.6. The van der Waals surface area contributed by atoms with Crippen molar-refractivity contribution in [1.82, 2.24) is 15.3 Å². The monoisotopic (exact) mass is 451 g/mol. The number of nitrogens with one attached hydrogen (secondary N) is 1. The molecule has 0 saturated carbocycles. The molecule has 0 aliphatic heterocycles. The van der Waals surface area contributed by atoms with Crippen LogP contribution in [0, 0.1) is 29.9 Å². The van der Waals surface area contributed by atoms with E-state index in [1.165, 1.54) is 37.4 Å². The predicted octanol–water partition coefficient (Wildman–Crippen LogP) is 3.00. The molecule has 0 aliphatic carbocycles. The number of nitriles is 1. The minimum Gasteiger partial charge on any atom is -0.495 e. The summed E-state index contributed by atoms with van der Waals surface area (Å²) >= 11 is 0. The van der Waals surface area contributed by atoms with Crippen LogP contribution in [0.3, 0.4) is 0 Å². The summed E-state index contributed by atoms with van der Waals surface area (Å²) in [4.78, 5) is 34.5. The lowest BCUT2D eigenvalue weighted by molar-refractivity contribution is -0.117. The van der Waals surface area contributed by atoms with Crippen LogP contribution < -0.4 is 15.0 Å². The van der Waals surface area contributed by atoms with Crippen molar-refractivity contribution in [3.8, 4) is 23.1 Å². The quantitative estimate of drug-likeness (QED) is 0.617. The third-order valence-corrected chi connectivity index (χ3v) is 4.81. The minimum atomic E-state index is -1.04. The van der Waals surface area contributed by atoms with Crippen molar-refractivity contribution in [2.24, 2.45) is 0 Å². The van der Waals surface area contributed by atoms with Crippen LogP contribution in [-0.4, -0.2) is 42.5 Å². The Balaban J connectivity index is 1.74. The van der Waals surface area contributed by atoms with E-state index in [2.05, 4.69) is 15.3 Å². The van der Waals surface area contributed by atoms with Gasteiger partial charge < -0.3 is 15.0 Å². The van der Waals surface area contributed by atoms with Crippen LogP contribution in [0.5, 0.6) is 5.75 Å². The first-order valence-corrected chi connectivity index (χ1v) is 9.67. The fourth-order valence-electron chi connectivity index (χ4n) is 3.00. The van der Waals surface area contributed by atoms with Gasteiger partial charge in [0.2, 0.25) is 11.7 Å². The zero-order valence-electron chi connectivity index (χ0n) is 18.0. The Kier molecular flexibility index (Phi) is 6.93. The highest BCUT2D eigenvalue weighted by atomic mass is 19.2. The summed E-state index contributed by atoms with van der Waals surface area (Å²) in [5.41, 5.74) is 1.90. The lowest BCUT2D eigenvalue weighted by Gasteiger charge is -2.20. The number of carbonyl (C=O) groups is 2. The molecule has 0 radical (unpaired) electrons. The number of halogens is 2. The molecule has 3 rings (SSSR count). The van der Waals surface area contributed by atoms with E-state index in [1.54, 1.807) is 19.1 Å². The highest BCUT2D eigenvalue weighted by Gasteiger charge is 2.19. The van der Waals surface area contributed by atoms with Crippen molar-refractivity contribution in [3.63, 3.8) is 0 Å². The molecule has 168 valence electrons. The van der Waals surface area contributed by atoms with Gasteiger partial charge in [-0.3, -0.25) is 9.59 Å². The number of ether oxygens (including phenoxy) is 1. The fraction of sp³-hybridized carbons (Fsp3) is 0.174. The molecule has 8 nitrogen and oxygen atoms in total.